The molecule has 3 radical (unpaired) electrons. The number of hydrogen-bond acceptors (Lipinski definition) is 0. The van der Waals surface area contributed by atoms with Gasteiger partial charge in [-0.1, -0.05) is 0 Å². The Morgan fingerprint density at radius 2 is 0.750 bits per heavy atom. The van der Waals surface area contributed by atoms with E-state index in [4.69, 9.17) is 0 Å². The summed E-state index contributed by atoms with van der Waals surface area (Å²) >= 11 is 0. The molecule has 0 amide bonds. The van der Waals surface area contributed by atoms with Crippen LogP contribution in [0.4, 0.5) is 0 Å². The van der Waals surface area contributed by atoms with E-state index in [0.717, 1.165) is 0 Å². The molecule has 0 aromatic rings. The Kier molecular flexibility index (Phi) is 334. The van der Waals surface area contributed by atoms with Crippen LogP contribution in [0.25, 0.3) is 0 Å². The number of hydrogen-bond donors (Lipinski definition) is 0. The van der Waals surface area contributed by atoms with E-state index in [2.05, 4.69) is 0 Å². The molecule has 0 bridgehead atoms. The summed E-state index contributed by atoms with van der Waals surface area (Å²) < 4.78 is 0. The number of rotatable bonds is 0. The van der Waals surface area contributed by atoms with E-state index in [9.17, 15) is 0 Å². The first-order valence-electron chi connectivity index (χ1n) is 0. The zero-order chi connectivity index (χ0) is 0. The third-order valence-electron chi connectivity index (χ3n) is 0. The van der Waals surface area contributed by atoms with Crippen molar-refractivity contribution in [2.45, 2.75) is 0 Å². The Labute approximate surface area is 56.5 Å². The van der Waals surface area contributed by atoms with Gasteiger partial charge in [-0.25, -0.2) is 0 Å². The van der Waals surface area contributed by atoms with Crippen molar-refractivity contribution >= 4 is 26.2 Å². The Hall–Kier alpha value is 1.43. The van der Waals surface area contributed by atoms with Gasteiger partial charge in [0.05, 0.1) is 0 Å². The first-order valence-corrected chi connectivity index (χ1v) is 0. The van der Waals surface area contributed by atoms with Gasteiger partial charge in [0.2, 0.25) is 0 Å². The van der Waals surface area contributed by atoms with Crippen molar-refractivity contribution in [1.29, 1.82) is 0 Å². The van der Waals surface area contributed by atoms with Crippen LogP contribution in [0.15, 0.2) is 0 Å². The van der Waals surface area contributed by atoms with Crippen LogP contribution in [0.1, 0.15) is 0 Å². The maximum atomic E-state index is 0. The van der Waals surface area contributed by atoms with Gasteiger partial charge < -0.3 is 11.0 Å². The molecule has 0 unspecified atom stereocenters. The van der Waals surface area contributed by atoms with Crippen molar-refractivity contribution in [1.82, 2.24) is 0 Å². The predicted octanol–water partition coefficient (Wildman–Crippen LogP) is -0.621. The van der Waals surface area contributed by atoms with Gasteiger partial charge >= 0.3 is 19.5 Å². The molecule has 0 aliphatic heterocycles. The predicted molar refractivity (Wildman–Crippen MR) is 7.13 cm³/mol. The van der Waals surface area contributed by atoms with Crippen LogP contribution in [-0.2, 0) is 30.4 Å². The maximum Gasteiger partial charge on any atom is 4.00 e. The van der Waals surface area contributed by atoms with E-state index < -0.39 is 0 Å². The van der Waals surface area contributed by atoms with Gasteiger partial charge in [0.15, 0.2) is 0 Å². The third-order valence-corrected chi connectivity index (χ3v) is 0. The van der Waals surface area contributed by atoms with Crippen molar-refractivity contribution in [3.05, 3.63) is 0 Å². The summed E-state index contributed by atoms with van der Waals surface area (Å²) in [7, 11) is 0. The molecule has 0 atom stereocenters. The van der Waals surface area contributed by atoms with Crippen LogP contribution < -0.4 is 0 Å². The van der Waals surface area contributed by atoms with Crippen LogP contribution in [0.2, 0.25) is 0 Å². The van der Waals surface area contributed by atoms with Gasteiger partial charge in [-0.15, -0.1) is 0 Å². The molecule has 0 heterocycles. The molecule has 4 heavy (non-hydrogen) atoms. The molecule has 0 aromatic heterocycles. The Bertz CT molecular complexity index is 6.00. The molecule has 0 aliphatic carbocycles. The summed E-state index contributed by atoms with van der Waals surface area (Å²) in [6.07, 6.45) is 0. The Balaban J connectivity index is 0. The van der Waals surface area contributed by atoms with E-state index in [0.29, 0.717) is 0 Å². The molecule has 4 heteroatoms. The minimum atomic E-state index is 0. The van der Waals surface area contributed by atoms with E-state index in [1.807, 2.05) is 0 Å². The standard InChI is InChI=1S/Bi.2O.Ru/q;2*-2;+4. The van der Waals surface area contributed by atoms with Crippen LogP contribution in [0.3, 0.4) is 0 Å². The van der Waals surface area contributed by atoms with Crippen molar-refractivity contribution in [3.63, 3.8) is 0 Å². The van der Waals surface area contributed by atoms with Gasteiger partial charge in [-0.05, 0) is 0 Å². The molecule has 0 rings (SSSR count). The second-order valence-electron chi connectivity index (χ2n) is 0. The average molecular weight is 342 g/mol. The van der Waals surface area contributed by atoms with Gasteiger partial charge in [-0.3, -0.25) is 0 Å². The molecule has 0 fully saturated rings. The largest absolute Gasteiger partial charge is 4.00 e. The molecule has 0 spiro atoms. The van der Waals surface area contributed by atoms with Crippen molar-refractivity contribution in [2.75, 3.05) is 0 Å². The maximum absolute atomic E-state index is 0. The monoisotopic (exact) mass is 343 g/mol. The average Bonchev–Trinajstić information content (AvgIpc) is 0. The summed E-state index contributed by atoms with van der Waals surface area (Å²) in [5.74, 6) is 0. The van der Waals surface area contributed by atoms with E-state index in [-0.39, 0.29) is 56.6 Å². The fraction of sp³-hybridized carbons (Fsp3) is 0. The van der Waals surface area contributed by atoms with Crippen LogP contribution >= 0.6 is 0 Å². The minimum Gasteiger partial charge on any atom is -2.00 e. The van der Waals surface area contributed by atoms with Crippen molar-refractivity contribution in [3.8, 4) is 0 Å². The molecule has 0 saturated heterocycles. The molecule has 0 saturated carbocycles. The van der Waals surface area contributed by atoms with Gasteiger partial charge in [0.25, 0.3) is 0 Å². The molecule has 25 valence electrons. The first-order chi connectivity index (χ1) is 0. The summed E-state index contributed by atoms with van der Waals surface area (Å²) in [6, 6.07) is 0. The molecule has 0 aliphatic rings. The van der Waals surface area contributed by atoms with E-state index in [1.165, 1.54) is 0 Å². The van der Waals surface area contributed by atoms with E-state index >= 15 is 0 Å². The van der Waals surface area contributed by atoms with Crippen molar-refractivity contribution < 1.29 is 30.4 Å². The summed E-state index contributed by atoms with van der Waals surface area (Å²) in [6.45, 7) is 0. The third kappa shape index (κ3) is 9.91. The van der Waals surface area contributed by atoms with Gasteiger partial charge in [-0.2, -0.15) is 0 Å². The zero-order valence-corrected chi connectivity index (χ0v) is 6.83. The summed E-state index contributed by atoms with van der Waals surface area (Å²) in [4.78, 5) is 0. The minimum absolute atomic E-state index is 0. The fourth-order valence-corrected chi connectivity index (χ4v) is 0. The smallest absolute Gasteiger partial charge is 2.00 e. The van der Waals surface area contributed by atoms with Crippen LogP contribution in [0, 0.1) is 0 Å². The molecular formula is BiO2Ru. The second-order valence-corrected chi connectivity index (χ2v) is 0. The molecule has 0 N–H and O–H groups in total. The topological polar surface area (TPSA) is 57.0 Å². The van der Waals surface area contributed by atoms with Crippen LogP contribution in [0.5, 0.6) is 0 Å². The summed E-state index contributed by atoms with van der Waals surface area (Å²) in [5.41, 5.74) is 0. The zero-order valence-electron chi connectivity index (χ0n) is 1.62. The fourth-order valence-electron chi connectivity index (χ4n) is 0. The molecular weight excluding hydrogens is 342 g/mol. The van der Waals surface area contributed by atoms with E-state index in [1.54, 1.807) is 0 Å². The van der Waals surface area contributed by atoms with Gasteiger partial charge in [0, 0.05) is 26.2 Å². The SMILES string of the molecule is [Bi].[O-2].[O-2].[Ru+4]. The van der Waals surface area contributed by atoms with Gasteiger partial charge in [0.1, 0.15) is 0 Å². The molecule has 0 aromatic carbocycles. The molecule has 2 nitrogen and oxygen atoms in total. The first kappa shape index (κ1) is 52.3. The summed E-state index contributed by atoms with van der Waals surface area (Å²) in [5, 5.41) is 0. The normalized spacial score (nSPS) is 0. The Morgan fingerprint density at radius 3 is 0.750 bits per heavy atom. The Morgan fingerprint density at radius 1 is 0.750 bits per heavy atom. The second kappa shape index (κ2) is 25.5. The van der Waals surface area contributed by atoms with Crippen LogP contribution in [-0.4, -0.2) is 26.2 Å². The van der Waals surface area contributed by atoms with Crippen molar-refractivity contribution in [2.24, 2.45) is 0 Å². The quantitative estimate of drug-likeness (QED) is 0.527.